The van der Waals surface area contributed by atoms with Crippen molar-refractivity contribution < 1.29 is 27.4 Å². The van der Waals surface area contributed by atoms with Crippen molar-refractivity contribution in [2.75, 3.05) is 40.2 Å². The molecule has 0 N–H and O–H groups in total. The normalized spacial score (nSPS) is 15.4. The number of likely N-dealkylation sites (tertiary alicyclic amines) is 1. The van der Waals surface area contributed by atoms with E-state index in [0.29, 0.717) is 56.0 Å². The van der Waals surface area contributed by atoms with E-state index >= 15 is 0 Å². The Morgan fingerprint density at radius 1 is 1.07 bits per heavy atom. The molecular weight excluding hydrogens is 394 g/mol. The maximum Gasteiger partial charge on any atom is 0.222 e. The van der Waals surface area contributed by atoms with Crippen LogP contribution in [0.3, 0.4) is 0 Å². The Kier molecular flexibility index (Phi) is 8.19. The number of rotatable bonds is 9. The van der Waals surface area contributed by atoms with Gasteiger partial charge in [0.15, 0.2) is 9.84 Å². The molecule has 0 bridgehead atoms. The Hall–Kier alpha value is -1.96. The predicted octanol–water partition coefficient (Wildman–Crippen LogP) is 2.71. The second-order valence-electron chi connectivity index (χ2n) is 7.81. The minimum Gasteiger partial charge on any atom is -0.496 e. The average Bonchev–Trinajstić information content (AvgIpc) is 2.70. The van der Waals surface area contributed by atoms with Gasteiger partial charge in [-0.25, -0.2) is 8.42 Å². The maximum absolute atomic E-state index is 12.7. The van der Waals surface area contributed by atoms with Crippen LogP contribution in [0.4, 0.5) is 0 Å². The number of ether oxygens (including phenoxy) is 3. The average molecular weight is 428 g/mol. The highest BCUT2D eigenvalue weighted by Gasteiger charge is 2.31. The number of nitrogens with zero attached hydrogens (tertiary/aromatic N) is 1. The van der Waals surface area contributed by atoms with Crippen LogP contribution >= 0.6 is 0 Å². The summed E-state index contributed by atoms with van der Waals surface area (Å²) in [6, 6.07) is 3.54. The summed E-state index contributed by atoms with van der Waals surface area (Å²) in [7, 11) is 1.62. The first-order valence-corrected chi connectivity index (χ1v) is 11.7. The van der Waals surface area contributed by atoms with E-state index in [4.69, 9.17) is 14.2 Å². The predicted molar refractivity (Wildman–Crippen MR) is 113 cm³/mol. The molecule has 0 unspecified atom stereocenters. The molecule has 7 nitrogen and oxygen atoms in total. The van der Waals surface area contributed by atoms with Crippen molar-refractivity contribution in [2.24, 2.45) is 5.92 Å². The molecule has 164 valence electrons. The summed E-state index contributed by atoms with van der Waals surface area (Å²) in [6.45, 7) is 4.80. The molecule has 1 aliphatic heterocycles. The van der Waals surface area contributed by atoms with Gasteiger partial charge in [-0.2, -0.15) is 0 Å². The van der Waals surface area contributed by atoms with Crippen molar-refractivity contribution in [3.05, 3.63) is 17.7 Å². The minimum atomic E-state index is -3.09. The topological polar surface area (TPSA) is 82.1 Å². The van der Waals surface area contributed by atoms with Crippen molar-refractivity contribution in [2.45, 2.75) is 44.8 Å². The van der Waals surface area contributed by atoms with E-state index in [-0.39, 0.29) is 22.8 Å². The summed E-state index contributed by atoms with van der Waals surface area (Å²) in [5.41, 5.74) is 0.818. The van der Waals surface area contributed by atoms with Crippen molar-refractivity contribution in [3.63, 3.8) is 0 Å². The van der Waals surface area contributed by atoms with Crippen LogP contribution in [0.2, 0.25) is 0 Å². The van der Waals surface area contributed by atoms with Gasteiger partial charge in [-0.05, 0) is 25.2 Å². The van der Waals surface area contributed by atoms with Crippen LogP contribution in [0, 0.1) is 5.92 Å². The second kappa shape index (κ2) is 10.2. The van der Waals surface area contributed by atoms with Gasteiger partial charge in [0.2, 0.25) is 5.91 Å². The summed E-state index contributed by atoms with van der Waals surface area (Å²) in [4.78, 5) is 14.5. The molecule has 0 aromatic heterocycles. The lowest BCUT2D eigenvalue weighted by molar-refractivity contribution is -0.132. The van der Waals surface area contributed by atoms with Gasteiger partial charge in [-0.15, -0.1) is 0 Å². The summed E-state index contributed by atoms with van der Waals surface area (Å²) >= 11 is 0. The molecule has 1 heterocycles. The number of carbonyl (C=O) groups excluding carboxylic acids is 1. The second-order valence-corrected chi connectivity index (χ2v) is 10.1. The maximum atomic E-state index is 12.7. The van der Waals surface area contributed by atoms with Crippen molar-refractivity contribution in [1.82, 2.24) is 4.90 Å². The summed E-state index contributed by atoms with van der Waals surface area (Å²) in [6.07, 6.45) is 1.80. The van der Waals surface area contributed by atoms with Crippen LogP contribution in [0.25, 0.3) is 0 Å². The van der Waals surface area contributed by atoms with Gasteiger partial charge in [0.25, 0.3) is 0 Å². The van der Waals surface area contributed by atoms with Crippen LogP contribution < -0.4 is 14.2 Å². The Balaban J connectivity index is 1.98. The lowest BCUT2D eigenvalue weighted by atomic mass is 10.0. The monoisotopic (exact) mass is 427 g/mol. The number of methoxy groups -OCH3 is 3. The Morgan fingerprint density at radius 2 is 1.62 bits per heavy atom. The van der Waals surface area contributed by atoms with Gasteiger partial charge >= 0.3 is 0 Å². The third kappa shape index (κ3) is 6.01. The number of carbonyl (C=O) groups is 1. The number of sulfone groups is 1. The molecule has 0 radical (unpaired) electrons. The lowest BCUT2D eigenvalue weighted by Gasteiger charge is -2.32. The number of amides is 1. The zero-order valence-electron chi connectivity index (χ0n) is 18.1. The third-order valence-electron chi connectivity index (χ3n) is 5.27. The largest absolute Gasteiger partial charge is 0.496 e. The molecule has 1 aliphatic rings. The van der Waals surface area contributed by atoms with Crippen molar-refractivity contribution in [1.29, 1.82) is 0 Å². The highest BCUT2D eigenvalue weighted by Crippen LogP contribution is 2.35. The molecule has 1 saturated heterocycles. The van der Waals surface area contributed by atoms with Crippen molar-refractivity contribution >= 4 is 15.7 Å². The molecule has 1 amide bonds. The smallest absolute Gasteiger partial charge is 0.222 e. The molecule has 8 heteroatoms. The molecule has 0 atom stereocenters. The first-order chi connectivity index (χ1) is 13.7. The standard InChI is InChI=1S/C21H33NO6S/c1-15(2)14-29(24,25)17-8-10-22(11-9-17)21(23)7-6-18-19(27-4)12-16(26-3)13-20(18)28-5/h12-13,15,17H,6-11,14H2,1-5H3. The van der Waals surface area contributed by atoms with E-state index in [0.717, 1.165) is 5.56 Å². The van der Waals surface area contributed by atoms with Crippen LogP contribution in [-0.4, -0.2) is 64.6 Å². The minimum absolute atomic E-state index is 0.0182. The van der Waals surface area contributed by atoms with Gasteiger partial charge in [0.05, 0.1) is 32.3 Å². The zero-order valence-corrected chi connectivity index (χ0v) is 18.9. The molecule has 0 aliphatic carbocycles. The number of piperidine rings is 1. The highest BCUT2D eigenvalue weighted by atomic mass is 32.2. The van der Waals surface area contributed by atoms with E-state index in [9.17, 15) is 13.2 Å². The number of benzene rings is 1. The first-order valence-electron chi connectivity index (χ1n) is 10.00. The zero-order chi connectivity index (χ0) is 21.6. The Morgan fingerprint density at radius 3 is 2.07 bits per heavy atom. The summed E-state index contributed by atoms with van der Waals surface area (Å²) in [5, 5.41) is -0.337. The van der Waals surface area contributed by atoms with Crippen molar-refractivity contribution in [3.8, 4) is 17.2 Å². The van der Waals surface area contributed by atoms with E-state index < -0.39 is 9.84 Å². The van der Waals surface area contributed by atoms with E-state index in [1.807, 2.05) is 13.8 Å². The van der Waals surface area contributed by atoms with Gasteiger partial charge in [0, 0.05) is 37.2 Å². The highest BCUT2D eigenvalue weighted by molar-refractivity contribution is 7.92. The fraction of sp³-hybridized carbons (Fsp3) is 0.667. The number of hydrogen-bond donors (Lipinski definition) is 0. The quantitative estimate of drug-likeness (QED) is 0.603. The molecular formula is C21H33NO6S. The van der Waals surface area contributed by atoms with E-state index in [2.05, 4.69) is 0 Å². The van der Waals surface area contributed by atoms with Crippen LogP contribution in [0.5, 0.6) is 17.2 Å². The Bertz CT molecular complexity index is 772. The summed E-state index contributed by atoms with van der Waals surface area (Å²) in [5.74, 6) is 2.21. The van der Waals surface area contributed by atoms with Gasteiger partial charge in [-0.1, -0.05) is 13.8 Å². The van der Waals surface area contributed by atoms with E-state index in [1.54, 1.807) is 38.4 Å². The molecule has 2 rings (SSSR count). The van der Waals surface area contributed by atoms with Gasteiger partial charge in [0.1, 0.15) is 17.2 Å². The van der Waals surface area contributed by atoms with E-state index in [1.165, 1.54) is 0 Å². The Labute approximate surface area is 174 Å². The summed E-state index contributed by atoms with van der Waals surface area (Å²) < 4.78 is 41.0. The van der Waals surface area contributed by atoms with Crippen LogP contribution in [-0.2, 0) is 21.1 Å². The molecule has 1 aromatic carbocycles. The third-order valence-corrected chi connectivity index (χ3v) is 7.89. The van der Waals surface area contributed by atoms with Crippen LogP contribution in [0.15, 0.2) is 12.1 Å². The first kappa shape index (κ1) is 23.3. The molecule has 1 aromatic rings. The van der Waals surface area contributed by atoms with Gasteiger partial charge < -0.3 is 19.1 Å². The molecule has 0 spiro atoms. The number of hydrogen-bond acceptors (Lipinski definition) is 6. The SMILES string of the molecule is COc1cc(OC)c(CCC(=O)N2CCC(S(=O)(=O)CC(C)C)CC2)c(OC)c1. The fourth-order valence-corrected chi connectivity index (χ4v) is 5.91. The molecule has 0 saturated carbocycles. The lowest BCUT2D eigenvalue weighted by Crippen LogP contribution is -2.43. The van der Waals surface area contributed by atoms with Crippen LogP contribution in [0.1, 0.15) is 38.7 Å². The fourth-order valence-electron chi connectivity index (χ4n) is 3.78. The molecule has 1 fully saturated rings. The molecule has 29 heavy (non-hydrogen) atoms. The van der Waals surface area contributed by atoms with Gasteiger partial charge in [-0.3, -0.25) is 4.79 Å².